The Labute approximate surface area is 168 Å². The molecular weight excluding hydrogens is 386 g/mol. The van der Waals surface area contributed by atoms with Crippen molar-refractivity contribution in [3.63, 3.8) is 0 Å². The minimum absolute atomic E-state index is 0.0950. The molecule has 166 valence electrons. The number of hydrogen-bond donors (Lipinski definition) is 7. The van der Waals surface area contributed by atoms with Gasteiger partial charge in [-0.1, -0.05) is 20.3 Å². The summed E-state index contributed by atoms with van der Waals surface area (Å²) in [5, 5.41) is 25.6. The Bertz CT molecular complexity index is 611. The fourth-order valence-corrected chi connectivity index (χ4v) is 2.23. The lowest BCUT2D eigenvalue weighted by Gasteiger charge is -2.23. The Hall–Kier alpha value is -2.73. The van der Waals surface area contributed by atoms with Crippen LogP contribution < -0.4 is 27.4 Å². The summed E-state index contributed by atoms with van der Waals surface area (Å²) >= 11 is 0. The molecule has 9 N–H and O–H groups in total. The van der Waals surface area contributed by atoms with E-state index in [9.17, 15) is 29.1 Å². The maximum absolute atomic E-state index is 12.3. The number of carboxylic acids is 1. The standard InChI is InChI=1S/C17H31N5O7/c1-4-8(2)13(19)15(26)20-7-12(25)22-14(9(3)23)16(27)21-10(17(28)29)5-6-11(18)24/h8-10,13-14,23H,4-7,19H2,1-3H3,(H2,18,24)(H,20,26)(H,21,27)(H,22,25)(H,28,29). The van der Waals surface area contributed by atoms with Crippen LogP contribution in [0.1, 0.15) is 40.0 Å². The number of nitrogens with one attached hydrogen (secondary N) is 3. The lowest BCUT2D eigenvalue weighted by molar-refractivity contribution is -0.143. The van der Waals surface area contributed by atoms with Crippen LogP contribution in [0.2, 0.25) is 0 Å². The number of carbonyl (C=O) groups is 5. The summed E-state index contributed by atoms with van der Waals surface area (Å²) < 4.78 is 0. The zero-order valence-corrected chi connectivity index (χ0v) is 16.8. The fraction of sp³-hybridized carbons (Fsp3) is 0.706. The van der Waals surface area contributed by atoms with E-state index in [0.717, 1.165) is 0 Å². The number of amides is 4. The molecule has 0 aliphatic rings. The number of aliphatic hydroxyl groups excluding tert-OH is 1. The molecule has 0 heterocycles. The summed E-state index contributed by atoms with van der Waals surface area (Å²) in [6.45, 7) is 4.39. The van der Waals surface area contributed by atoms with Gasteiger partial charge in [-0.2, -0.15) is 0 Å². The Morgan fingerprint density at radius 3 is 2.07 bits per heavy atom. The van der Waals surface area contributed by atoms with Crippen LogP contribution in [-0.2, 0) is 24.0 Å². The first-order chi connectivity index (χ1) is 13.4. The van der Waals surface area contributed by atoms with Crippen molar-refractivity contribution in [2.75, 3.05) is 6.54 Å². The van der Waals surface area contributed by atoms with Crippen LogP contribution in [0.3, 0.4) is 0 Å². The smallest absolute Gasteiger partial charge is 0.326 e. The number of hydrogen-bond acceptors (Lipinski definition) is 7. The predicted molar refractivity (Wildman–Crippen MR) is 102 cm³/mol. The minimum Gasteiger partial charge on any atom is -0.480 e. The Kier molecular flexibility index (Phi) is 11.5. The van der Waals surface area contributed by atoms with E-state index in [2.05, 4.69) is 16.0 Å². The molecule has 0 aromatic carbocycles. The molecule has 5 atom stereocenters. The third-order valence-corrected chi connectivity index (χ3v) is 4.36. The zero-order valence-electron chi connectivity index (χ0n) is 16.8. The van der Waals surface area contributed by atoms with Crippen molar-refractivity contribution < 1.29 is 34.2 Å². The first-order valence-electron chi connectivity index (χ1n) is 9.22. The minimum atomic E-state index is -1.47. The highest BCUT2D eigenvalue weighted by molar-refractivity contribution is 5.93. The SMILES string of the molecule is CCC(C)C(N)C(=O)NCC(=O)NC(C(=O)NC(CCC(N)=O)C(=O)O)C(C)O. The van der Waals surface area contributed by atoms with Gasteiger partial charge in [-0.25, -0.2) is 4.79 Å². The molecule has 0 spiro atoms. The highest BCUT2D eigenvalue weighted by Crippen LogP contribution is 2.05. The number of primary amides is 1. The van der Waals surface area contributed by atoms with E-state index >= 15 is 0 Å². The highest BCUT2D eigenvalue weighted by atomic mass is 16.4. The Balaban J connectivity index is 4.85. The second kappa shape index (κ2) is 12.7. The summed E-state index contributed by atoms with van der Waals surface area (Å²) in [5.41, 5.74) is 10.7. The van der Waals surface area contributed by atoms with Crippen molar-refractivity contribution in [1.82, 2.24) is 16.0 Å². The molecule has 0 bridgehead atoms. The van der Waals surface area contributed by atoms with Crippen LogP contribution in [0.5, 0.6) is 0 Å². The van der Waals surface area contributed by atoms with Gasteiger partial charge in [-0.3, -0.25) is 19.2 Å². The molecule has 0 aromatic rings. The van der Waals surface area contributed by atoms with E-state index in [1.807, 2.05) is 6.92 Å². The molecule has 29 heavy (non-hydrogen) atoms. The van der Waals surface area contributed by atoms with Gasteiger partial charge in [-0.15, -0.1) is 0 Å². The number of nitrogens with two attached hydrogens (primary N) is 2. The second-order valence-electron chi connectivity index (χ2n) is 6.82. The van der Waals surface area contributed by atoms with E-state index in [1.54, 1.807) is 6.92 Å². The monoisotopic (exact) mass is 417 g/mol. The maximum Gasteiger partial charge on any atom is 0.326 e. The first kappa shape index (κ1) is 26.3. The maximum atomic E-state index is 12.3. The highest BCUT2D eigenvalue weighted by Gasteiger charge is 2.30. The van der Waals surface area contributed by atoms with Crippen LogP contribution in [0.4, 0.5) is 0 Å². The van der Waals surface area contributed by atoms with Crippen molar-refractivity contribution in [1.29, 1.82) is 0 Å². The quantitative estimate of drug-likeness (QED) is 0.165. The molecule has 12 nitrogen and oxygen atoms in total. The van der Waals surface area contributed by atoms with Crippen LogP contribution in [0.15, 0.2) is 0 Å². The lowest BCUT2D eigenvalue weighted by atomic mass is 9.99. The average molecular weight is 417 g/mol. The van der Waals surface area contributed by atoms with Crippen molar-refractivity contribution in [2.24, 2.45) is 17.4 Å². The third-order valence-electron chi connectivity index (χ3n) is 4.36. The van der Waals surface area contributed by atoms with Gasteiger partial charge in [0.2, 0.25) is 23.6 Å². The molecule has 0 aliphatic carbocycles. The van der Waals surface area contributed by atoms with Crippen molar-refractivity contribution >= 4 is 29.6 Å². The largest absolute Gasteiger partial charge is 0.480 e. The number of aliphatic hydroxyl groups is 1. The van der Waals surface area contributed by atoms with Gasteiger partial charge < -0.3 is 37.6 Å². The number of carboxylic acid groups (broad SMARTS) is 1. The van der Waals surface area contributed by atoms with Gasteiger partial charge in [0, 0.05) is 6.42 Å². The molecule has 0 aromatic heterocycles. The van der Waals surface area contributed by atoms with Gasteiger partial charge in [-0.05, 0) is 19.3 Å². The van der Waals surface area contributed by atoms with Crippen LogP contribution in [0.25, 0.3) is 0 Å². The van der Waals surface area contributed by atoms with Crippen LogP contribution in [-0.4, -0.2) is 70.6 Å². The molecule has 5 unspecified atom stereocenters. The van der Waals surface area contributed by atoms with E-state index in [1.165, 1.54) is 6.92 Å². The van der Waals surface area contributed by atoms with E-state index < -0.39 is 60.4 Å². The van der Waals surface area contributed by atoms with Gasteiger partial charge in [0.05, 0.1) is 18.7 Å². The Morgan fingerprint density at radius 1 is 1.03 bits per heavy atom. The number of rotatable bonds is 13. The van der Waals surface area contributed by atoms with Crippen molar-refractivity contribution in [3.8, 4) is 0 Å². The summed E-state index contributed by atoms with van der Waals surface area (Å²) in [5.74, 6) is -4.52. The molecule has 0 saturated heterocycles. The summed E-state index contributed by atoms with van der Waals surface area (Å²) in [7, 11) is 0. The molecule has 0 saturated carbocycles. The van der Waals surface area contributed by atoms with E-state index in [0.29, 0.717) is 6.42 Å². The molecule has 12 heteroatoms. The van der Waals surface area contributed by atoms with Crippen LogP contribution >= 0.6 is 0 Å². The van der Waals surface area contributed by atoms with E-state index in [-0.39, 0.29) is 18.8 Å². The third kappa shape index (κ3) is 9.85. The topological polar surface area (TPSA) is 214 Å². The molecule has 0 aliphatic heterocycles. The van der Waals surface area contributed by atoms with Gasteiger partial charge in [0.15, 0.2) is 0 Å². The summed E-state index contributed by atoms with van der Waals surface area (Å²) in [4.78, 5) is 58.2. The van der Waals surface area contributed by atoms with E-state index in [4.69, 9.17) is 16.6 Å². The molecule has 0 rings (SSSR count). The molecule has 4 amide bonds. The van der Waals surface area contributed by atoms with Crippen molar-refractivity contribution in [2.45, 2.75) is 64.3 Å². The molecule has 0 radical (unpaired) electrons. The Morgan fingerprint density at radius 2 is 1.62 bits per heavy atom. The summed E-state index contributed by atoms with van der Waals surface area (Å²) in [6.07, 6.45) is -1.21. The predicted octanol–water partition coefficient (Wildman–Crippen LogP) is -2.82. The number of carbonyl (C=O) groups excluding carboxylic acids is 4. The van der Waals surface area contributed by atoms with Crippen LogP contribution in [0, 0.1) is 5.92 Å². The lowest BCUT2D eigenvalue weighted by Crippen LogP contribution is -2.57. The van der Waals surface area contributed by atoms with Crippen molar-refractivity contribution in [3.05, 3.63) is 0 Å². The van der Waals surface area contributed by atoms with Gasteiger partial charge in [0.25, 0.3) is 0 Å². The fourth-order valence-electron chi connectivity index (χ4n) is 2.23. The second-order valence-corrected chi connectivity index (χ2v) is 6.82. The van der Waals surface area contributed by atoms with Gasteiger partial charge >= 0.3 is 5.97 Å². The zero-order chi connectivity index (χ0) is 22.7. The molecular formula is C17H31N5O7. The average Bonchev–Trinajstić information content (AvgIpc) is 2.64. The molecule has 0 fully saturated rings. The van der Waals surface area contributed by atoms with Gasteiger partial charge in [0.1, 0.15) is 12.1 Å². The first-order valence-corrected chi connectivity index (χ1v) is 9.22. The summed E-state index contributed by atoms with van der Waals surface area (Å²) in [6, 6.07) is -3.70. The number of aliphatic carboxylic acids is 1. The normalized spacial score (nSPS) is 15.9.